The molecule has 3 nitrogen and oxygen atoms in total. The molecule has 0 radical (unpaired) electrons. The Hall–Kier alpha value is -1.06. The minimum absolute atomic E-state index is 0.206. The van der Waals surface area contributed by atoms with Gasteiger partial charge in [0.05, 0.1) is 5.41 Å². The molecule has 1 amide bonds. The summed E-state index contributed by atoms with van der Waals surface area (Å²) in [5, 5.41) is 7.37. The molecule has 1 saturated heterocycles. The number of hydrogen-bond donors (Lipinski definition) is 2. The summed E-state index contributed by atoms with van der Waals surface area (Å²) in [7, 11) is 0. The van der Waals surface area contributed by atoms with Crippen molar-refractivity contribution in [1.82, 2.24) is 10.6 Å². The van der Waals surface area contributed by atoms with Crippen LogP contribution in [0.25, 0.3) is 0 Å². The molecular weight excluding hydrogens is 296 g/mol. The maximum Gasteiger partial charge on any atom is 0.230 e. The lowest BCUT2D eigenvalue weighted by Gasteiger charge is -2.30. The first kappa shape index (κ1) is 15.8. The summed E-state index contributed by atoms with van der Waals surface area (Å²) >= 11 is 6.00. The zero-order valence-corrected chi connectivity index (χ0v) is 13.8. The van der Waals surface area contributed by atoms with Crippen LogP contribution in [0.2, 0.25) is 5.02 Å². The van der Waals surface area contributed by atoms with Gasteiger partial charge in [0.25, 0.3) is 0 Å². The largest absolute Gasteiger partial charge is 0.355 e. The smallest absolute Gasteiger partial charge is 0.230 e. The third-order valence-electron chi connectivity index (χ3n) is 5.24. The number of nitrogens with one attached hydrogen (secondary N) is 2. The predicted molar refractivity (Wildman–Crippen MR) is 90.2 cm³/mol. The number of carbonyl (C=O) groups is 1. The first-order chi connectivity index (χ1) is 10.7. The fourth-order valence-electron chi connectivity index (χ4n) is 3.90. The minimum atomic E-state index is -0.341. The van der Waals surface area contributed by atoms with Crippen molar-refractivity contribution in [3.8, 4) is 0 Å². The molecule has 2 fully saturated rings. The van der Waals surface area contributed by atoms with Crippen molar-refractivity contribution in [2.75, 3.05) is 19.6 Å². The van der Waals surface area contributed by atoms with Crippen LogP contribution in [-0.4, -0.2) is 25.5 Å². The van der Waals surface area contributed by atoms with E-state index < -0.39 is 0 Å². The number of rotatable bonds is 4. The zero-order valence-electron chi connectivity index (χ0n) is 13.0. The van der Waals surface area contributed by atoms with E-state index >= 15 is 0 Å². The number of piperidine rings is 1. The molecule has 2 aliphatic rings. The second-order valence-electron chi connectivity index (χ2n) is 6.72. The standard InChI is InChI=1S/C18H25ClN2O/c19-16-7-5-15(6-8-16)18(9-1-2-10-18)17(22)21-13-14-4-3-11-20-12-14/h5-8,14,20H,1-4,9-13H2,(H,21,22). The second-order valence-corrected chi connectivity index (χ2v) is 7.15. The summed E-state index contributed by atoms with van der Waals surface area (Å²) in [6, 6.07) is 7.84. The maximum atomic E-state index is 12.9. The van der Waals surface area contributed by atoms with Gasteiger partial charge in [-0.15, -0.1) is 0 Å². The molecule has 4 heteroatoms. The van der Waals surface area contributed by atoms with Gasteiger partial charge in [-0.3, -0.25) is 4.79 Å². The van der Waals surface area contributed by atoms with Crippen LogP contribution in [-0.2, 0) is 10.2 Å². The van der Waals surface area contributed by atoms with Crippen LogP contribution in [0.4, 0.5) is 0 Å². The van der Waals surface area contributed by atoms with Crippen molar-refractivity contribution in [3.05, 3.63) is 34.9 Å². The van der Waals surface area contributed by atoms with Crippen LogP contribution in [0.3, 0.4) is 0 Å². The molecule has 0 aromatic heterocycles. The van der Waals surface area contributed by atoms with Crippen molar-refractivity contribution in [2.24, 2.45) is 5.92 Å². The zero-order chi connectivity index (χ0) is 15.4. The Balaban J connectivity index is 1.69. The highest BCUT2D eigenvalue weighted by Gasteiger charge is 2.42. The average molecular weight is 321 g/mol. The first-order valence-electron chi connectivity index (χ1n) is 8.46. The van der Waals surface area contributed by atoms with Crippen LogP contribution in [0.5, 0.6) is 0 Å². The van der Waals surface area contributed by atoms with Crippen LogP contribution in [0.1, 0.15) is 44.1 Å². The van der Waals surface area contributed by atoms with Crippen LogP contribution < -0.4 is 10.6 Å². The topological polar surface area (TPSA) is 41.1 Å². The highest BCUT2D eigenvalue weighted by Crippen LogP contribution is 2.41. The van der Waals surface area contributed by atoms with Crippen molar-refractivity contribution >= 4 is 17.5 Å². The molecule has 2 N–H and O–H groups in total. The monoisotopic (exact) mass is 320 g/mol. The van der Waals surface area contributed by atoms with E-state index in [-0.39, 0.29) is 11.3 Å². The molecule has 1 unspecified atom stereocenters. The SMILES string of the molecule is O=C(NCC1CCCNC1)C1(c2ccc(Cl)cc2)CCCC1. The molecule has 1 heterocycles. The minimum Gasteiger partial charge on any atom is -0.355 e. The van der Waals surface area contributed by atoms with Crippen molar-refractivity contribution in [3.63, 3.8) is 0 Å². The Kier molecular flexibility index (Phi) is 5.04. The van der Waals surface area contributed by atoms with Crippen LogP contribution in [0, 0.1) is 5.92 Å². The summed E-state index contributed by atoms with van der Waals surface area (Å²) in [5.41, 5.74) is 0.779. The van der Waals surface area contributed by atoms with E-state index in [1.807, 2.05) is 24.3 Å². The van der Waals surface area contributed by atoms with Gasteiger partial charge in [0.1, 0.15) is 0 Å². The third-order valence-corrected chi connectivity index (χ3v) is 5.49. The Morgan fingerprint density at radius 2 is 1.95 bits per heavy atom. The van der Waals surface area contributed by atoms with Gasteiger partial charge in [0.15, 0.2) is 0 Å². The van der Waals surface area contributed by atoms with Gasteiger partial charge >= 0.3 is 0 Å². The molecule has 0 bridgehead atoms. The van der Waals surface area contributed by atoms with Gasteiger partial charge in [0.2, 0.25) is 5.91 Å². The van der Waals surface area contributed by atoms with E-state index in [2.05, 4.69) is 10.6 Å². The molecule has 1 aliphatic carbocycles. The van der Waals surface area contributed by atoms with Gasteiger partial charge in [-0.1, -0.05) is 36.6 Å². The Morgan fingerprint density at radius 3 is 2.59 bits per heavy atom. The van der Waals surface area contributed by atoms with Crippen LogP contribution in [0.15, 0.2) is 24.3 Å². The molecule has 1 atom stereocenters. The van der Waals surface area contributed by atoms with E-state index in [1.165, 1.54) is 12.8 Å². The summed E-state index contributed by atoms with van der Waals surface area (Å²) < 4.78 is 0. The quantitative estimate of drug-likeness (QED) is 0.894. The van der Waals surface area contributed by atoms with E-state index in [9.17, 15) is 4.79 Å². The lowest BCUT2D eigenvalue weighted by atomic mass is 9.78. The Morgan fingerprint density at radius 1 is 1.23 bits per heavy atom. The summed E-state index contributed by atoms with van der Waals surface area (Å²) in [6.45, 7) is 2.93. The van der Waals surface area contributed by atoms with Gasteiger partial charge < -0.3 is 10.6 Å². The summed E-state index contributed by atoms with van der Waals surface area (Å²) in [6.07, 6.45) is 6.57. The number of carbonyl (C=O) groups excluding carboxylic acids is 1. The molecule has 0 spiro atoms. The molecular formula is C18H25ClN2O. The molecule has 1 aromatic rings. The van der Waals surface area contributed by atoms with Crippen molar-refractivity contribution in [1.29, 1.82) is 0 Å². The molecule has 22 heavy (non-hydrogen) atoms. The van der Waals surface area contributed by atoms with Crippen LogP contribution >= 0.6 is 11.6 Å². The van der Waals surface area contributed by atoms with E-state index in [0.717, 1.165) is 55.9 Å². The lowest BCUT2D eigenvalue weighted by Crippen LogP contribution is -2.46. The number of amides is 1. The highest BCUT2D eigenvalue weighted by atomic mass is 35.5. The van der Waals surface area contributed by atoms with E-state index in [1.54, 1.807) is 0 Å². The lowest BCUT2D eigenvalue weighted by molar-refractivity contribution is -0.126. The molecule has 1 aromatic carbocycles. The first-order valence-corrected chi connectivity index (χ1v) is 8.83. The predicted octanol–water partition coefficient (Wildman–Crippen LogP) is 3.27. The van der Waals surface area contributed by atoms with E-state index in [4.69, 9.17) is 11.6 Å². The Labute approximate surface area is 137 Å². The van der Waals surface area contributed by atoms with Crippen molar-refractivity contribution < 1.29 is 4.79 Å². The average Bonchev–Trinajstić information content (AvgIpc) is 3.05. The fraction of sp³-hybridized carbons (Fsp3) is 0.611. The third kappa shape index (κ3) is 3.31. The normalized spacial score (nSPS) is 24.1. The molecule has 1 saturated carbocycles. The molecule has 1 aliphatic heterocycles. The summed E-state index contributed by atoms with van der Waals surface area (Å²) in [4.78, 5) is 12.9. The number of benzene rings is 1. The maximum absolute atomic E-state index is 12.9. The summed E-state index contributed by atoms with van der Waals surface area (Å²) in [5.74, 6) is 0.777. The second kappa shape index (κ2) is 7.01. The van der Waals surface area contributed by atoms with Gasteiger partial charge in [-0.2, -0.15) is 0 Å². The molecule has 3 rings (SSSR count). The van der Waals surface area contributed by atoms with Gasteiger partial charge in [-0.05, 0) is 62.4 Å². The van der Waals surface area contributed by atoms with E-state index in [0.29, 0.717) is 5.92 Å². The Bertz CT molecular complexity index is 502. The van der Waals surface area contributed by atoms with Crippen molar-refractivity contribution in [2.45, 2.75) is 43.9 Å². The van der Waals surface area contributed by atoms with Gasteiger partial charge in [0, 0.05) is 11.6 Å². The number of hydrogen-bond acceptors (Lipinski definition) is 2. The van der Waals surface area contributed by atoms with Gasteiger partial charge in [-0.25, -0.2) is 0 Å². The fourth-order valence-corrected chi connectivity index (χ4v) is 4.02. The molecule has 120 valence electrons. The highest BCUT2D eigenvalue weighted by molar-refractivity contribution is 6.30. The number of halogens is 1.